The van der Waals surface area contributed by atoms with Gasteiger partial charge < -0.3 is 9.26 Å². The molecule has 0 unspecified atom stereocenters. The van der Waals surface area contributed by atoms with Crippen molar-refractivity contribution in [1.29, 1.82) is 0 Å². The summed E-state index contributed by atoms with van der Waals surface area (Å²) < 4.78 is 12.5. The Bertz CT molecular complexity index is 1010. The SMILES string of the molecule is COc1ccc(-c2cc(-c3nn4c(C5CC5)nnc4s3)no2)cc1. The Morgan fingerprint density at radius 2 is 2.04 bits per heavy atom. The standard InChI is InChI=1S/C16H13N5O2S/c1-22-11-6-4-9(5-7-11)13-8-12(20-23-13)15-19-21-14(10-2-3-10)17-18-16(21)24-15/h4-8,10H,2-3H2,1H3. The van der Waals surface area contributed by atoms with E-state index in [0.29, 0.717) is 17.4 Å². The lowest BCUT2D eigenvalue weighted by Gasteiger charge is -1.99. The number of aromatic nitrogens is 5. The van der Waals surface area contributed by atoms with E-state index in [1.54, 1.807) is 7.11 Å². The molecule has 4 aromatic rings. The number of benzene rings is 1. The van der Waals surface area contributed by atoms with Gasteiger partial charge in [-0.3, -0.25) is 0 Å². The molecule has 0 radical (unpaired) electrons. The van der Waals surface area contributed by atoms with Gasteiger partial charge in [0.2, 0.25) is 4.96 Å². The third-order valence-electron chi connectivity index (χ3n) is 4.06. The van der Waals surface area contributed by atoms with Gasteiger partial charge in [0, 0.05) is 17.5 Å². The van der Waals surface area contributed by atoms with Crippen LogP contribution in [0.3, 0.4) is 0 Å². The van der Waals surface area contributed by atoms with Crippen LogP contribution in [0.4, 0.5) is 0 Å². The van der Waals surface area contributed by atoms with Crippen molar-refractivity contribution in [2.45, 2.75) is 18.8 Å². The van der Waals surface area contributed by atoms with Crippen molar-refractivity contribution in [2.75, 3.05) is 7.11 Å². The van der Waals surface area contributed by atoms with Gasteiger partial charge in [-0.1, -0.05) is 16.5 Å². The molecule has 120 valence electrons. The minimum Gasteiger partial charge on any atom is -0.497 e. The molecule has 3 heterocycles. The maximum absolute atomic E-state index is 5.47. The van der Waals surface area contributed by atoms with Crippen molar-refractivity contribution in [3.8, 4) is 27.8 Å². The maximum Gasteiger partial charge on any atom is 0.235 e. The van der Waals surface area contributed by atoms with Crippen molar-refractivity contribution < 1.29 is 9.26 Å². The fourth-order valence-corrected chi connectivity index (χ4v) is 3.40. The fraction of sp³-hybridized carbons (Fsp3) is 0.250. The van der Waals surface area contributed by atoms with Crippen LogP contribution in [0.1, 0.15) is 24.6 Å². The first-order chi connectivity index (χ1) is 11.8. The molecule has 0 N–H and O–H groups in total. The predicted octanol–water partition coefficient (Wildman–Crippen LogP) is 3.39. The summed E-state index contributed by atoms with van der Waals surface area (Å²) in [6, 6.07) is 9.55. The van der Waals surface area contributed by atoms with Crippen LogP contribution in [0, 0.1) is 0 Å². The second kappa shape index (κ2) is 5.13. The predicted molar refractivity (Wildman–Crippen MR) is 88.1 cm³/mol. The molecule has 1 aliphatic rings. The fourth-order valence-electron chi connectivity index (χ4n) is 2.60. The van der Waals surface area contributed by atoms with Crippen LogP contribution in [-0.2, 0) is 0 Å². The molecule has 0 spiro atoms. The third kappa shape index (κ3) is 2.18. The Hall–Kier alpha value is -2.74. The van der Waals surface area contributed by atoms with Crippen molar-refractivity contribution in [3.63, 3.8) is 0 Å². The van der Waals surface area contributed by atoms with Gasteiger partial charge in [0.25, 0.3) is 0 Å². The van der Waals surface area contributed by atoms with Crippen LogP contribution < -0.4 is 4.74 Å². The van der Waals surface area contributed by atoms with Gasteiger partial charge in [-0.25, -0.2) is 0 Å². The average molecular weight is 339 g/mol. The first-order valence-corrected chi connectivity index (χ1v) is 8.47. The molecular formula is C16H13N5O2S. The highest BCUT2D eigenvalue weighted by Crippen LogP contribution is 2.40. The molecule has 1 saturated carbocycles. The lowest BCUT2D eigenvalue weighted by atomic mass is 10.1. The summed E-state index contributed by atoms with van der Waals surface area (Å²) >= 11 is 1.47. The second-order valence-electron chi connectivity index (χ2n) is 5.74. The summed E-state index contributed by atoms with van der Waals surface area (Å²) in [4.78, 5) is 0.792. The Labute approximate surface area is 140 Å². The molecule has 0 aliphatic heterocycles. The first-order valence-electron chi connectivity index (χ1n) is 7.65. The normalized spacial score (nSPS) is 14.4. The second-order valence-corrected chi connectivity index (χ2v) is 6.69. The summed E-state index contributed by atoms with van der Waals surface area (Å²) in [7, 11) is 1.64. The first kappa shape index (κ1) is 13.7. The van der Waals surface area contributed by atoms with E-state index in [0.717, 1.165) is 27.1 Å². The molecule has 0 amide bonds. The summed E-state index contributed by atoms with van der Waals surface area (Å²) in [6.45, 7) is 0. The van der Waals surface area contributed by atoms with E-state index < -0.39 is 0 Å². The van der Waals surface area contributed by atoms with E-state index in [-0.39, 0.29) is 0 Å². The molecule has 1 aliphatic carbocycles. The molecule has 3 aromatic heterocycles. The number of methoxy groups -OCH3 is 1. The van der Waals surface area contributed by atoms with Crippen LogP contribution in [0.25, 0.3) is 27.0 Å². The van der Waals surface area contributed by atoms with Gasteiger partial charge in [0.1, 0.15) is 11.4 Å². The average Bonchev–Trinajstić information content (AvgIpc) is 3.03. The Morgan fingerprint density at radius 1 is 1.21 bits per heavy atom. The van der Waals surface area contributed by atoms with E-state index in [2.05, 4.69) is 20.5 Å². The lowest BCUT2D eigenvalue weighted by molar-refractivity contribution is 0.414. The Morgan fingerprint density at radius 3 is 2.79 bits per heavy atom. The Balaban J connectivity index is 1.49. The molecule has 1 aromatic carbocycles. The van der Waals surface area contributed by atoms with Gasteiger partial charge in [-0.05, 0) is 37.1 Å². The smallest absolute Gasteiger partial charge is 0.235 e. The van der Waals surface area contributed by atoms with Crippen LogP contribution >= 0.6 is 11.3 Å². The van der Waals surface area contributed by atoms with E-state index in [1.165, 1.54) is 24.2 Å². The van der Waals surface area contributed by atoms with Crippen molar-refractivity contribution in [2.24, 2.45) is 0 Å². The molecule has 8 heteroatoms. The number of nitrogens with zero attached hydrogens (tertiary/aromatic N) is 5. The molecule has 0 bridgehead atoms. The highest BCUT2D eigenvalue weighted by atomic mass is 32.1. The quantitative estimate of drug-likeness (QED) is 0.567. The molecule has 0 atom stereocenters. The van der Waals surface area contributed by atoms with Crippen LogP contribution in [0.2, 0.25) is 0 Å². The Kier molecular flexibility index (Phi) is 2.93. The minimum absolute atomic E-state index is 0.502. The van der Waals surface area contributed by atoms with E-state index in [1.807, 2.05) is 34.8 Å². The topological polar surface area (TPSA) is 78.3 Å². The largest absolute Gasteiger partial charge is 0.497 e. The summed E-state index contributed by atoms with van der Waals surface area (Å²) in [6.07, 6.45) is 2.33. The summed E-state index contributed by atoms with van der Waals surface area (Å²) in [5.41, 5.74) is 1.65. The van der Waals surface area contributed by atoms with E-state index in [4.69, 9.17) is 9.26 Å². The van der Waals surface area contributed by atoms with Gasteiger partial charge >= 0.3 is 0 Å². The number of fused-ring (bicyclic) bond motifs is 1. The summed E-state index contributed by atoms with van der Waals surface area (Å²) in [5.74, 6) is 2.95. The third-order valence-corrected chi connectivity index (χ3v) is 4.98. The van der Waals surface area contributed by atoms with Gasteiger partial charge in [-0.2, -0.15) is 9.61 Å². The monoisotopic (exact) mass is 339 g/mol. The van der Waals surface area contributed by atoms with E-state index in [9.17, 15) is 0 Å². The minimum atomic E-state index is 0.502. The molecule has 0 saturated heterocycles. The van der Waals surface area contributed by atoms with Gasteiger partial charge in [-0.15, -0.1) is 10.2 Å². The zero-order valence-electron chi connectivity index (χ0n) is 12.8. The van der Waals surface area contributed by atoms with Crippen molar-refractivity contribution in [1.82, 2.24) is 25.0 Å². The highest BCUT2D eigenvalue weighted by molar-refractivity contribution is 7.19. The summed E-state index contributed by atoms with van der Waals surface area (Å²) in [5, 5.41) is 18.0. The van der Waals surface area contributed by atoms with E-state index >= 15 is 0 Å². The molecule has 1 fully saturated rings. The van der Waals surface area contributed by atoms with Crippen molar-refractivity contribution >= 4 is 16.3 Å². The maximum atomic E-state index is 5.47. The number of rotatable bonds is 4. The van der Waals surface area contributed by atoms with Crippen LogP contribution in [-0.4, -0.2) is 32.1 Å². The molecule has 24 heavy (non-hydrogen) atoms. The zero-order valence-corrected chi connectivity index (χ0v) is 13.7. The molecular weight excluding hydrogens is 326 g/mol. The number of hydrogen-bond donors (Lipinski definition) is 0. The molecule has 5 rings (SSSR count). The zero-order chi connectivity index (χ0) is 16.1. The molecule has 7 nitrogen and oxygen atoms in total. The number of ether oxygens (including phenoxy) is 1. The number of hydrogen-bond acceptors (Lipinski definition) is 7. The van der Waals surface area contributed by atoms with Crippen molar-refractivity contribution in [3.05, 3.63) is 36.2 Å². The van der Waals surface area contributed by atoms with Crippen LogP contribution in [0.15, 0.2) is 34.9 Å². The van der Waals surface area contributed by atoms with Crippen LogP contribution in [0.5, 0.6) is 5.75 Å². The highest BCUT2D eigenvalue weighted by Gasteiger charge is 2.30. The van der Waals surface area contributed by atoms with Gasteiger partial charge in [0.15, 0.2) is 16.6 Å². The lowest BCUT2D eigenvalue weighted by Crippen LogP contribution is -1.93. The van der Waals surface area contributed by atoms with Gasteiger partial charge in [0.05, 0.1) is 7.11 Å².